The maximum atomic E-state index is 12.7. The number of ether oxygens (including phenoxy) is 2. The predicted octanol–water partition coefficient (Wildman–Crippen LogP) is 5.34. The first kappa shape index (κ1) is 22.4. The number of fused-ring (bicyclic) bond motifs is 3. The van der Waals surface area contributed by atoms with Crippen molar-refractivity contribution >= 4 is 26.0 Å². The van der Waals surface area contributed by atoms with Crippen molar-refractivity contribution in [2.24, 2.45) is 5.92 Å². The maximum absolute atomic E-state index is 12.7. The topological polar surface area (TPSA) is 61.8 Å². The van der Waals surface area contributed by atoms with Crippen LogP contribution in [0.5, 0.6) is 5.75 Å². The van der Waals surface area contributed by atoms with Crippen LogP contribution in [0.1, 0.15) is 61.4 Å². The van der Waals surface area contributed by atoms with E-state index in [4.69, 9.17) is 9.47 Å². The lowest BCUT2D eigenvalue weighted by Crippen LogP contribution is -2.48. The van der Waals surface area contributed by atoms with Gasteiger partial charge in [0.1, 0.15) is 5.75 Å². The molecule has 1 unspecified atom stereocenters. The summed E-state index contributed by atoms with van der Waals surface area (Å²) in [5, 5.41) is 0. The third-order valence-electron chi connectivity index (χ3n) is 6.89. The molecule has 0 bridgehead atoms. The molecule has 1 aliphatic heterocycles. The molecule has 0 N–H and O–H groups in total. The average Bonchev–Trinajstić information content (AvgIpc) is 3.09. The Bertz CT molecular complexity index is 914. The van der Waals surface area contributed by atoms with Crippen LogP contribution in [0.4, 0.5) is 13.2 Å². The van der Waals surface area contributed by atoms with Crippen LogP contribution in [0.2, 0.25) is 0 Å². The summed E-state index contributed by atoms with van der Waals surface area (Å²) in [5.74, 6) is -0.559. The predicted molar refractivity (Wildman–Crippen MR) is 107 cm³/mol. The largest absolute Gasteiger partial charge is 0.534 e. The van der Waals surface area contributed by atoms with Crippen molar-refractivity contribution in [3.05, 3.63) is 29.3 Å². The van der Waals surface area contributed by atoms with E-state index in [1.807, 2.05) is 0 Å². The van der Waals surface area contributed by atoms with E-state index in [0.29, 0.717) is 19.1 Å². The number of benzene rings is 1. The molecule has 3 aliphatic rings. The van der Waals surface area contributed by atoms with Crippen molar-refractivity contribution in [1.82, 2.24) is 0 Å². The molecule has 1 saturated heterocycles. The van der Waals surface area contributed by atoms with Crippen molar-refractivity contribution in [2.75, 3.05) is 13.2 Å². The van der Waals surface area contributed by atoms with Crippen LogP contribution in [0, 0.1) is 5.92 Å². The van der Waals surface area contributed by atoms with E-state index >= 15 is 0 Å². The van der Waals surface area contributed by atoms with Gasteiger partial charge in [-0.05, 0) is 60.3 Å². The van der Waals surface area contributed by atoms with Gasteiger partial charge in [0, 0.05) is 17.7 Å². The second kappa shape index (κ2) is 7.64. The molecule has 1 spiro atoms. The van der Waals surface area contributed by atoms with Crippen LogP contribution in [0.15, 0.2) is 18.2 Å². The zero-order chi connectivity index (χ0) is 21.8. The van der Waals surface area contributed by atoms with Gasteiger partial charge in [0.15, 0.2) is 5.79 Å². The summed E-state index contributed by atoms with van der Waals surface area (Å²) >= 11 is 3.66. The maximum Gasteiger partial charge on any atom is 0.534 e. The van der Waals surface area contributed by atoms with E-state index in [-0.39, 0.29) is 16.0 Å². The zero-order valence-corrected chi connectivity index (χ0v) is 18.9. The molecule has 2 fully saturated rings. The van der Waals surface area contributed by atoms with Gasteiger partial charge in [-0.1, -0.05) is 28.9 Å². The molecule has 0 aromatic heterocycles. The highest BCUT2D eigenvalue weighted by atomic mass is 79.9. The molecule has 2 aliphatic carbocycles. The minimum atomic E-state index is -5.71. The lowest BCUT2D eigenvalue weighted by molar-refractivity contribution is -0.199. The van der Waals surface area contributed by atoms with Crippen LogP contribution in [-0.4, -0.2) is 32.9 Å². The molecule has 30 heavy (non-hydrogen) atoms. The van der Waals surface area contributed by atoms with Gasteiger partial charge in [-0.25, -0.2) is 0 Å². The van der Waals surface area contributed by atoms with E-state index in [9.17, 15) is 21.6 Å². The summed E-state index contributed by atoms with van der Waals surface area (Å²) in [4.78, 5) is -0.111. The first-order chi connectivity index (χ1) is 14.0. The molecule has 1 aromatic rings. The van der Waals surface area contributed by atoms with Gasteiger partial charge in [0.2, 0.25) is 0 Å². The standard InChI is InChI=1S/C20H24BrF3O5S/c1-2-18-7-8-19(27-9-10-28-19)12-13(18)3-6-17(21)15-11-14(4-5-16(15)18)29-30(25,26)20(22,23)24/h4-5,11,13,17H,2-3,6-10,12H2,1H3/t13-,17?,18+/m0/s1. The van der Waals surface area contributed by atoms with Crippen LogP contribution < -0.4 is 4.18 Å². The first-order valence-corrected chi connectivity index (χ1v) is 12.4. The van der Waals surface area contributed by atoms with Gasteiger partial charge in [-0.3, -0.25) is 0 Å². The van der Waals surface area contributed by atoms with Gasteiger partial charge in [0.25, 0.3) is 0 Å². The highest BCUT2D eigenvalue weighted by Gasteiger charge is 2.54. The second-order valence-electron chi connectivity index (χ2n) is 8.30. The molecule has 10 heteroatoms. The van der Waals surface area contributed by atoms with Crippen molar-refractivity contribution in [2.45, 2.75) is 67.0 Å². The van der Waals surface area contributed by atoms with E-state index in [2.05, 4.69) is 27.0 Å². The minimum absolute atomic E-state index is 0.111. The average molecular weight is 513 g/mol. The Morgan fingerprint density at radius 1 is 1.20 bits per heavy atom. The molecule has 1 aromatic carbocycles. The molecular formula is C20H24BrF3O5S. The van der Waals surface area contributed by atoms with E-state index in [1.165, 1.54) is 12.1 Å². The Morgan fingerprint density at radius 3 is 2.53 bits per heavy atom. The Morgan fingerprint density at radius 2 is 1.90 bits per heavy atom. The van der Waals surface area contributed by atoms with Crippen molar-refractivity contribution in [3.8, 4) is 5.75 Å². The highest BCUT2D eigenvalue weighted by Crippen LogP contribution is 2.57. The quantitative estimate of drug-likeness (QED) is 0.311. The SMILES string of the molecule is CC[C@@]12CCC3(C[C@@H]1CCC(Br)c1cc(OS(=O)(=O)C(F)(F)F)ccc12)OCCO3. The first-order valence-electron chi connectivity index (χ1n) is 10.1. The van der Waals surface area contributed by atoms with Gasteiger partial charge in [-0.2, -0.15) is 21.6 Å². The van der Waals surface area contributed by atoms with Crippen LogP contribution in [0.25, 0.3) is 0 Å². The van der Waals surface area contributed by atoms with Crippen LogP contribution in [0.3, 0.4) is 0 Å². The molecule has 168 valence electrons. The Hall–Kier alpha value is -0.840. The van der Waals surface area contributed by atoms with E-state index in [0.717, 1.165) is 49.7 Å². The minimum Gasteiger partial charge on any atom is -0.376 e. The molecule has 4 rings (SSSR count). The summed E-state index contributed by atoms with van der Waals surface area (Å²) in [6.45, 7) is 3.31. The molecule has 1 saturated carbocycles. The monoisotopic (exact) mass is 512 g/mol. The summed E-state index contributed by atoms with van der Waals surface area (Å²) in [7, 11) is -5.71. The fourth-order valence-electron chi connectivity index (χ4n) is 5.42. The Labute approximate surface area is 182 Å². The van der Waals surface area contributed by atoms with Crippen LogP contribution >= 0.6 is 15.9 Å². The molecule has 1 heterocycles. The summed E-state index contributed by atoms with van der Waals surface area (Å²) in [6.07, 6.45) is 4.91. The molecule has 0 amide bonds. The fraction of sp³-hybridized carbons (Fsp3) is 0.700. The lowest BCUT2D eigenvalue weighted by Gasteiger charge is -2.49. The molecule has 5 nitrogen and oxygen atoms in total. The number of rotatable bonds is 3. The summed E-state index contributed by atoms with van der Waals surface area (Å²) < 4.78 is 77.4. The zero-order valence-electron chi connectivity index (χ0n) is 16.5. The molecule has 0 radical (unpaired) electrons. The van der Waals surface area contributed by atoms with Gasteiger partial charge < -0.3 is 13.7 Å². The van der Waals surface area contributed by atoms with Crippen LogP contribution in [-0.2, 0) is 25.0 Å². The fourth-order valence-corrected chi connectivity index (χ4v) is 6.52. The summed E-state index contributed by atoms with van der Waals surface area (Å²) in [5.41, 5.74) is -3.81. The van der Waals surface area contributed by atoms with E-state index < -0.39 is 21.4 Å². The van der Waals surface area contributed by atoms with Crippen molar-refractivity contribution in [1.29, 1.82) is 0 Å². The van der Waals surface area contributed by atoms with E-state index in [1.54, 1.807) is 6.07 Å². The third kappa shape index (κ3) is 3.67. The van der Waals surface area contributed by atoms with Crippen molar-refractivity contribution < 1.29 is 35.2 Å². The molecular weight excluding hydrogens is 489 g/mol. The lowest BCUT2D eigenvalue weighted by atomic mass is 9.59. The van der Waals surface area contributed by atoms with Crippen molar-refractivity contribution in [3.63, 3.8) is 0 Å². The van der Waals surface area contributed by atoms with Gasteiger partial charge in [0.05, 0.1) is 13.2 Å². The number of hydrogen-bond acceptors (Lipinski definition) is 5. The highest BCUT2D eigenvalue weighted by molar-refractivity contribution is 9.09. The second-order valence-corrected chi connectivity index (χ2v) is 10.9. The van der Waals surface area contributed by atoms with Gasteiger partial charge >= 0.3 is 15.6 Å². The summed E-state index contributed by atoms with van der Waals surface area (Å²) in [6, 6.07) is 4.50. The number of halogens is 4. The number of hydrogen-bond donors (Lipinski definition) is 0. The molecule has 3 atom stereocenters. The smallest absolute Gasteiger partial charge is 0.376 e. The Kier molecular flexibility index (Phi) is 5.69. The Balaban J connectivity index is 1.72. The van der Waals surface area contributed by atoms with Gasteiger partial charge in [-0.15, -0.1) is 0 Å². The third-order valence-corrected chi connectivity index (χ3v) is 8.82. The normalized spacial score (nSPS) is 31.1. The number of alkyl halides is 4.